The van der Waals surface area contributed by atoms with Crippen LogP contribution >= 0.6 is 11.8 Å². The molecule has 1 aliphatic rings. The Morgan fingerprint density at radius 1 is 1.86 bits per heavy atom. The van der Waals surface area contributed by atoms with Crippen molar-refractivity contribution < 1.29 is 4.79 Å². The van der Waals surface area contributed by atoms with Crippen molar-refractivity contribution in [1.29, 1.82) is 0 Å². The van der Waals surface area contributed by atoms with Crippen molar-refractivity contribution in [1.82, 2.24) is 5.32 Å². The van der Waals surface area contributed by atoms with Crippen LogP contribution < -0.4 is 5.32 Å². The monoisotopic (exact) mass is 117 g/mol. The van der Waals surface area contributed by atoms with Gasteiger partial charge in [-0.3, -0.25) is 5.32 Å². The third kappa shape index (κ3) is 1.17. The summed E-state index contributed by atoms with van der Waals surface area (Å²) in [6.07, 6.45) is 0.958. The van der Waals surface area contributed by atoms with E-state index >= 15 is 0 Å². The fourth-order valence-corrected chi connectivity index (χ4v) is 1.40. The van der Waals surface area contributed by atoms with Gasteiger partial charge >= 0.3 is 0 Å². The molecule has 3 heteroatoms. The standard InChI is InChI=1S/C4H7NOS/c6-1-4-2-7-3-5-4/h1,4-5H,2-3H2/t4-/m1/s1. The van der Waals surface area contributed by atoms with Crippen LogP contribution in [0.25, 0.3) is 0 Å². The van der Waals surface area contributed by atoms with E-state index in [2.05, 4.69) is 5.32 Å². The molecule has 0 radical (unpaired) electrons. The smallest absolute Gasteiger partial charge is 0.137 e. The molecule has 2 nitrogen and oxygen atoms in total. The Kier molecular flexibility index (Phi) is 1.70. The number of rotatable bonds is 1. The molecule has 0 aromatic heterocycles. The van der Waals surface area contributed by atoms with Gasteiger partial charge in [-0.15, -0.1) is 11.8 Å². The fourth-order valence-electron chi connectivity index (χ4n) is 0.498. The SMILES string of the molecule is O=C[C@@H]1CSCN1. The molecule has 7 heavy (non-hydrogen) atoms. The zero-order chi connectivity index (χ0) is 5.11. The highest BCUT2D eigenvalue weighted by Gasteiger charge is 2.11. The topological polar surface area (TPSA) is 29.1 Å². The molecule has 40 valence electrons. The zero-order valence-electron chi connectivity index (χ0n) is 3.89. The van der Waals surface area contributed by atoms with Crippen LogP contribution in [0.1, 0.15) is 0 Å². The summed E-state index contributed by atoms with van der Waals surface area (Å²) in [5.74, 6) is 1.88. The first-order valence-corrected chi connectivity index (χ1v) is 3.35. The molecule has 1 rings (SSSR count). The maximum absolute atomic E-state index is 9.93. The van der Waals surface area contributed by atoms with Gasteiger partial charge in [0, 0.05) is 11.6 Å². The lowest BCUT2D eigenvalue weighted by Crippen LogP contribution is -2.24. The van der Waals surface area contributed by atoms with Gasteiger partial charge in [-0.05, 0) is 0 Å². The summed E-state index contributed by atoms with van der Waals surface area (Å²) in [6, 6.07) is 0.130. The summed E-state index contributed by atoms with van der Waals surface area (Å²) >= 11 is 1.76. The highest BCUT2D eigenvalue weighted by molar-refractivity contribution is 7.99. The van der Waals surface area contributed by atoms with E-state index in [9.17, 15) is 4.79 Å². The lowest BCUT2D eigenvalue weighted by Gasteiger charge is -1.92. The molecule has 1 atom stereocenters. The van der Waals surface area contributed by atoms with Gasteiger partial charge in [-0.25, -0.2) is 0 Å². The van der Waals surface area contributed by atoms with Gasteiger partial charge < -0.3 is 4.79 Å². The molecule has 1 saturated heterocycles. The summed E-state index contributed by atoms with van der Waals surface area (Å²) in [6.45, 7) is 0. The second-order valence-electron chi connectivity index (χ2n) is 1.46. The number of thioether (sulfide) groups is 1. The number of nitrogens with one attached hydrogen (secondary N) is 1. The summed E-state index contributed by atoms with van der Waals surface area (Å²) in [5, 5.41) is 3.00. The maximum atomic E-state index is 9.93. The van der Waals surface area contributed by atoms with Crippen molar-refractivity contribution in [2.75, 3.05) is 11.6 Å². The molecule has 0 bridgehead atoms. The predicted octanol–water partition coefficient (Wildman–Crippen LogP) is -0.152. The van der Waals surface area contributed by atoms with Gasteiger partial charge in [0.25, 0.3) is 0 Å². The number of hydrogen-bond donors (Lipinski definition) is 1. The Hall–Kier alpha value is -0.0200. The number of carbonyl (C=O) groups excluding carboxylic acids is 1. The van der Waals surface area contributed by atoms with Gasteiger partial charge in [-0.2, -0.15) is 0 Å². The molecule has 0 aliphatic carbocycles. The van der Waals surface area contributed by atoms with Crippen LogP contribution in [-0.4, -0.2) is 24.0 Å². The molecule has 0 unspecified atom stereocenters. The minimum atomic E-state index is 0.130. The normalized spacial score (nSPS) is 30.6. The van der Waals surface area contributed by atoms with Crippen LogP contribution in [0.5, 0.6) is 0 Å². The molecule has 1 fully saturated rings. The van der Waals surface area contributed by atoms with E-state index in [-0.39, 0.29) is 6.04 Å². The van der Waals surface area contributed by atoms with Gasteiger partial charge in [0.1, 0.15) is 6.29 Å². The summed E-state index contributed by atoms with van der Waals surface area (Å²) in [4.78, 5) is 9.93. The number of carbonyl (C=O) groups is 1. The Morgan fingerprint density at radius 2 is 2.71 bits per heavy atom. The van der Waals surface area contributed by atoms with E-state index in [1.54, 1.807) is 11.8 Å². The van der Waals surface area contributed by atoms with E-state index in [0.717, 1.165) is 17.9 Å². The Balaban J connectivity index is 2.26. The largest absolute Gasteiger partial charge is 0.302 e. The molecule has 1 N–H and O–H groups in total. The fraction of sp³-hybridized carbons (Fsp3) is 0.750. The third-order valence-corrected chi connectivity index (χ3v) is 1.87. The van der Waals surface area contributed by atoms with Crippen LogP contribution in [0, 0.1) is 0 Å². The highest BCUT2D eigenvalue weighted by Crippen LogP contribution is 2.06. The van der Waals surface area contributed by atoms with Crippen molar-refractivity contribution in [3.05, 3.63) is 0 Å². The first kappa shape index (κ1) is 5.12. The average Bonchev–Trinajstić information content (AvgIpc) is 2.14. The minimum absolute atomic E-state index is 0.130. The van der Waals surface area contributed by atoms with E-state index in [0.29, 0.717) is 0 Å². The van der Waals surface area contributed by atoms with Crippen LogP contribution in [-0.2, 0) is 4.79 Å². The molecule has 1 heterocycles. The van der Waals surface area contributed by atoms with E-state index in [1.807, 2.05) is 0 Å². The summed E-state index contributed by atoms with van der Waals surface area (Å²) < 4.78 is 0. The van der Waals surface area contributed by atoms with Crippen LogP contribution in [0.4, 0.5) is 0 Å². The number of hydrogen-bond acceptors (Lipinski definition) is 3. The molecule has 0 aromatic carbocycles. The van der Waals surface area contributed by atoms with Gasteiger partial charge in [-0.1, -0.05) is 0 Å². The quantitative estimate of drug-likeness (QED) is 0.484. The third-order valence-electron chi connectivity index (χ3n) is 0.909. The Labute approximate surface area is 46.7 Å². The van der Waals surface area contributed by atoms with Crippen LogP contribution in [0.15, 0.2) is 0 Å². The van der Waals surface area contributed by atoms with E-state index in [4.69, 9.17) is 0 Å². The summed E-state index contributed by atoms with van der Waals surface area (Å²) in [5.41, 5.74) is 0. The summed E-state index contributed by atoms with van der Waals surface area (Å²) in [7, 11) is 0. The average molecular weight is 117 g/mol. The molecular formula is C4H7NOS. The van der Waals surface area contributed by atoms with Crippen LogP contribution in [0.3, 0.4) is 0 Å². The van der Waals surface area contributed by atoms with E-state index < -0.39 is 0 Å². The Morgan fingerprint density at radius 3 is 3.00 bits per heavy atom. The maximum Gasteiger partial charge on any atom is 0.137 e. The second-order valence-corrected chi connectivity index (χ2v) is 2.49. The van der Waals surface area contributed by atoms with Gasteiger partial charge in [0.15, 0.2) is 0 Å². The predicted molar refractivity (Wildman–Crippen MR) is 30.3 cm³/mol. The molecule has 1 aliphatic heterocycles. The van der Waals surface area contributed by atoms with Crippen molar-refractivity contribution in [2.24, 2.45) is 0 Å². The zero-order valence-corrected chi connectivity index (χ0v) is 4.70. The highest BCUT2D eigenvalue weighted by atomic mass is 32.2. The molecule has 0 amide bonds. The van der Waals surface area contributed by atoms with Crippen LogP contribution in [0.2, 0.25) is 0 Å². The molecular weight excluding hydrogens is 110 g/mol. The molecule has 0 aromatic rings. The second kappa shape index (κ2) is 2.33. The van der Waals surface area contributed by atoms with Crippen molar-refractivity contribution in [2.45, 2.75) is 6.04 Å². The Bertz CT molecular complexity index is 70.1. The molecule has 0 spiro atoms. The van der Waals surface area contributed by atoms with Crippen molar-refractivity contribution in [3.63, 3.8) is 0 Å². The number of aldehydes is 1. The minimum Gasteiger partial charge on any atom is -0.302 e. The molecule has 0 saturated carbocycles. The van der Waals surface area contributed by atoms with Crippen molar-refractivity contribution >= 4 is 18.0 Å². The lowest BCUT2D eigenvalue weighted by atomic mass is 10.4. The van der Waals surface area contributed by atoms with Crippen molar-refractivity contribution in [3.8, 4) is 0 Å². The van der Waals surface area contributed by atoms with Gasteiger partial charge in [0.05, 0.1) is 6.04 Å². The van der Waals surface area contributed by atoms with E-state index in [1.165, 1.54) is 0 Å². The lowest BCUT2D eigenvalue weighted by molar-refractivity contribution is -0.108. The van der Waals surface area contributed by atoms with Gasteiger partial charge in [0.2, 0.25) is 0 Å². The first-order chi connectivity index (χ1) is 3.43. The first-order valence-electron chi connectivity index (χ1n) is 2.20.